The Morgan fingerprint density at radius 3 is 2.40 bits per heavy atom. The first-order valence-corrected chi connectivity index (χ1v) is 12.7. The van der Waals surface area contributed by atoms with Crippen LogP contribution in [0.15, 0.2) is 91.4 Å². The Hall–Kier alpha value is -5.20. The Balaban J connectivity index is 1.21. The number of carbonyl (C=O) groups excluding carboxylic acids is 1. The van der Waals surface area contributed by atoms with Gasteiger partial charge in [-0.15, -0.1) is 0 Å². The van der Waals surface area contributed by atoms with E-state index >= 15 is 0 Å². The van der Waals surface area contributed by atoms with E-state index in [-0.39, 0.29) is 11.6 Å². The number of imidazole rings is 1. The van der Waals surface area contributed by atoms with Crippen LogP contribution < -0.4 is 19.7 Å². The fourth-order valence-corrected chi connectivity index (χ4v) is 4.19. The number of nitrogens with zero attached hydrogens (tertiary/aromatic N) is 5. The van der Waals surface area contributed by atoms with Crippen molar-refractivity contribution in [3.63, 3.8) is 0 Å². The molecule has 0 atom stereocenters. The standard InChI is InChI=1S/C31H28N6O3/c1-32-24-8-10-25(11-9-24)36(2)31(38)28-21-37-29(19-35-30(37)20-34-28)23-6-14-27(15-7-23)40-17-16-33-18-22-4-12-26(39-3)13-5-22/h4-15,19-21,33H,16-18H2,2-3H3. The molecule has 5 rings (SSSR count). The Labute approximate surface area is 232 Å². The molecule has 0 radical (unpaired) electrons. The number of nitrogens with one attached hydrogen (secondary N) is 1. The maximum Gasteiger partial charge on any atom is 0.278 e. The van der Waals surface area contributed by atoms with Gasteiger partial charge in [0.15, 0.2) is 11.3 Å². The van der Waals surface area contributed by atoms with Crippen LogP contribution in [0.2, 0.25) is 0 Å². The summed E-state index contributed by atoms with van der Waals surface area (Å²) in [6.45, 7) is 9.10. The van der Waals surface area contributed by atoms with E-state index < -0.39 is 0 Å². The van der Waals surface area contributed by atoms with Gasteiger partial charge >= 0.3 is 0 Å². The number of ether oxygens (including phenoxy) is 2. The summed E-state index contributed by atoms with van der Waals surface area (Å²) in [5, 5.41) is 3.38. The average molecular weight is 533 g/mol. The molecule has 1 N–H and O–H groups in total. The lowest BCUT2D eigenvalue weighted by atomic mass is 10.1. The molecule has 200 valence electrons. The predicted octanol–water partition coefficient (Wildman–Crippen LogP) is 5.40. The third-order valence-corrected chi connectivity index (χ3v) is 6.47. The van der Waals surface area contributed by atoms with Gasteiger partial charge in [-0.3, -0.25) is 9.20 Å². The number of aromatic nitrogens is 3. The van der Waals surface area contributed by atoms with Gasteiger partial charge in [0.25, 0.3) is 5.91 Å². The number of anilines is 1. The summed E-state index contributed by atoms with van der Waals surface area (Å²) in [6.07, 6.45) is 5.04. The van der Waals surface area contributed by atoms with Crippen molar-refractivity contribution in [3.8, 4) is 22.8 Å². The monoisotopic (exact) mass is 532 g/mol. The van der Waals surface area contributed by atoms with Crippen LogP contribution in [0.1, 0.15) is 16.1 Å². The molecule has 0 aliphatic carbocycles. The van der Waals surface area contributed by atoms with Crippen molar-refractivity contribution < 1.29 is 14.3 Å². The number of carbonyl (C=O) groups is 1. The predicted molar refractivity (Wildman–Crippen MR) is 154 cm³/mol. The number of methoxy groups -OCH3 is 1. The lowest BCUT2D eigenvalue weighted by Crippen LogP contribution is -2.27. The molecule has 0 saturated heterocycles. The first-order chi connectivity index (χ1) is 19.6. The maximum atomic E-state index is 13.2. The molecule has 3 aromatic carbocycles. The quantitative estimate of drug-likeness (QED) is 0.192. The number of hydrogen-bond donors (Lipinski definition) is 1. The van der Waals surface area contributed by atoms with E-state index in [4.69, 9.17) is 16.0 Å². The summed E-state index contributed by atoms with van der Waals surface area (Å²) >= 11 is 0. The Bertz CT molecular complexity index is 1640. The first kappa shape index (κ1) is 26.4. The molecule has 0 aliphatic rings. The van der Waals surface area contributed by atoms with Gasteiger partial charge in [0.2, 0.25) is 0 Å². The van der Waals surface area contributed by atoms with Crippen molar-refractivity contribution in [1.82, 2.24) is 19.7 Å². The van der Waals surface area contributed by atoms with Gasteiger partial charge in [0.1, 0.15) is 23.8 Å². The summed E-state index contributed by atoms with van der Waals surface area (Å²) in [4.78, 5) is 26.8. The summed E-state index contributed by atoms with van der Waals surface area (Å²) in [6, 6.07) is 22.6. The van der Waals surface area contributed by atoms with E-state index in [9.17, 15) is 4.79 Å². The molecule has 40 heavy (non-hydrogen) atoms. The first-order valence-electron chi connectivity index (χ1n) is 12.7. The smallest absolute Gasteiger partial charge is 0.278 e. The summed E-state index contributed by atoms with van der Waals surface area (Å²) in [7, 11) is 3.34. The van der Waals surface area contributed by atoms with Crippen LogP contribution in [-0.2, 0) is 6.54 Å². The number of rotatable bonds is 10. The maximum absolute atomic E-state index is 13.2. The fourth-order valence-electron chi connectivity index (χ4n) is 4.19. The highest BCUT2D eigenvalue weighted by Gasteiger charge is 2.17. The highest BCUT2D eigenvalue weighted by molar-refractivity contribution is 6.04. The molecule has 0 bridgehead atoms. The van der Waals surface area contributed by atoms with Crippen LogP contribution >= 0.6 is 0 Å². The Morgan fingerprint density at radius 1 is 0.975 bits per heavy atom. The summed E-state index contributed by atoms with van der Waals surface area (Å²) < 4.78 is 12.9. The van der Waals surface area contributed by atoms with Crippen molar-refractivity contribution in [2.24, 2.45) is 0 Å². The minimum atomic E-state index is -0.263. The number of amides is 1. The third-order valence-electron chi connectivity index (χ3n) is 6.47. The molecule has 0 spiro atoms. The van der Waals surface area contributed by atoms with E-state index in [1.807, 2.05) is 52.9 Å². The number of fused-ring (bicyclic) bond motifs is 1. The molecule has 1 amide bonds. The van der Waals surface area contributed by atoms with Gasteiger partial charge in [0, 0.05) is 37.6 Å². The van der Waals surface area contributed by atoms with Crippen LogP contribution in [0.5, 0.6) is 11.5 Å². The van der Waals surface area contributed by atoms with Crippen LogP contribution in [0.25, 0.3) is 21.7 Å². The minimum Gasteiger partial charge on any atom is -0.497 e. The largest absolute Gasteiger partial charge is 0.497 e. The molecule has 2 aromatic heterocycles. The zero-order valence-corrected chi connectivity index (χ0v) is 22.2. The van der Waals surface area contributed by atoms with E-state index in [2.05, 4.69) is 20.1 Å². The minimum absolute atomic E-state index is 0.263. The molecule has 0 unspecified atom stereocenters. The molecular weight excluding hydrogens is 504 g/mol. The van der Waals surface area contributed by atoms with Crippen molar-refractivity contribution in [2.45, 2.75) is 6.54 Å². The zero-order chi connectivity index (χ0) is 27.9. The van der Waals surface area contributed by atoms with Gasteiger partial charge in [0.05, 0.1) is 31.8 Å². The number of benzene rings is 3. The highest BCUT2D eigenvalue weighted by Crippen LogP contribution is 2.25. The SMILES string of the molecule is [C-]#[N+]c1ccc(N(C)C(=O)c2cn3c(-c4ccc(OCCNCc5ccc(OC)cc5)cc4)cnc3cn2)cc1. The molecule has 9 nitrogen and oxygen atoms in total. The van der Waals surface area contributed by atoms with Crippen LogP contribution in [-0.4, -0.2) is 47.6 Å². The second-order valence-corrected chi connectivity index (χ2v) is 9.03. The van der Waals surface area contributed by atoms with Crippen LogP contribution in [0.3, 0.4) is 0 Å². The lowest BCUT2D eigenvalue weighted by Gasteiger charge is -2.17. The third kappa shape index (κ3) is 5.93. The second-order valence-electron chi connectivity index (χ2n) is 9.03. The van der Waals surface area contributed by atoms with Crippen molar-refractivity contribution in [2.75, 3.05) is 32.2 Å². The molecule has 0 aliphatic heterocycles. The van der Waals surface area contributed by atoms with E-state index in [1.54, 1.807) is 57.0 Å². The Morgan fingerprint density at radius 2 is 1.70 bits per heavy atom. The van der Waals surface area contributed by atoms with Crippen molar-refractivity contribution >= 4 is 22.9 Å². The molecule has 0 fully saturated rings. The topological polar surface area (TPSA) is 85.4 Å². The second kappa shape index (κ2) is 12.1. The molecule has 9 heteroatoms. The van der Waals surface area contributed by atoms with Crippen molar-refractivity contribution in [1.29, 1.82) is 0 Å². The highest BCUT2D eigenvalue weighted by atomic mass is 16.5. The van der Waals surface area contributed by atoms with Gasteiger partial charge in [-0.1, -0.05) is 24.3 Å². The fraction of sp³-hybridized carbons (Fsp3) is 0.161. The molecule has 5 aromatic rings. The van der Waals surface area contributed by atoms with Crippen molar-refractivity contribution in [3.05, 3.63) is 114 Å². The van der Waals surface area contributed by atoms with E-state index in [1.165, 1.54) is 10.5 Å². The normalized spacial score (nSPS) is 10.7. The van der Waals surface area contributed by atoms with Gasteiger partial charge in [-0.25, -0.2) is 14.8 Å². The average Bonchev–Trinajstić information content (AvgIpc) is 3.44. The molecule has 2 heterocycles. The van der Waals surface area contributed by atoms with Crippen LogP contribution in [0, 0.1) is 6.57 Å². The number of hydrogen-bond acceptors (Lipinski definition) is 6. The molecular formula is C31H28N6O3. The Kier molecular flexibility index (Phi) is 7.99. The zero-order valence-electron chi connectivity index (χ0n) is 22.2. The molecule has 0 saturated carbocycles. The van der Waals surface area contributed by atoms with Gasteiger partial charge in [-0.2, -0.15) is 0 Å². The van der Waals surface area contributed by atoms with Gasteiger partial charge < -0.3 is 19.7 Å². The summed E-state index contributed by atoms with van der Waals surface area (Å²) in [5.41, 5.74) is 5.07. The van der Waals surface area contributed by atoms with Crippen LogP contribution in [0.4, 0.5) is 11.4 Å². The lowest BCUT2D eigenvalue weighted by molar-refractivity contribution is 0.0988. The van der Waals surface area contributed by atoms with E-state index in [0.29, 0.717) is 30.2 Å². The van der Waals surface area contributed by atoms with Gasteiger partial charge in [-0.05, 0) is 54.1 Å². The van der Waals surface area contributed by atoms with E-state index in [0.717, 1.165) is 29.3 Å². The summed E-state index contributed by atoms with van der Waals surface area (Å²) in [5.74, 6) is 1.35.